The lowest BCUT2D eigenvalue weighted by molar-refractivity contribution is 0.0136. The normalized spacial score (nSPS) is 24.7. The summed E-state index contributed by atoms with van der Waals surface area (Å²) in [4.78, 5) is 0. The van der Waals surface area contributed by atoms with Crippen LogP contribution in [0.3, 0.4) is 0 Å². The number of rotatable bonds is 4. The highest BCUT2D eigenvalue weighted by molar-refractivity contribution is 9.09. The van der Waals surface area contributed by atoms with Crippen LogP contribution in [0.1, 0.15) is 13.8 Å². The number of hydrogen-bond donors (Lipinski definition) is 0. The van der Waals surface area contributed by atoms with E-state index in [1.807, 2.05) is 13.8 Å². The van der Waals surface area contributed by atoms with Crippen LogP contribution in [-0.4, -0.2) is 49.6 Å². The average molecular weight is 300 g/mol. The van der Waals surface area contributed by atoms with Crippen LogP contribution in [0.15, 0.2) is 0 Å². The summed E-state index contributed by atoms with van der Waals surface area (Å²) in [5, 5.41) is 0.681. The first-order valence-corrected chi connectivity index (χ1v) is 7.84. The van der Waals surface area contributed by atoms with Gasteiger partial charge in [0.15, 0.2) is 0 Å². The van der Waals surface area contributed by atoms with Gasteiger partial charge in [0.25, 0.3) is 0 Å². The van der Waals surface area contributed by atoms with E-state index in [-0.39, 0.29) is 17.8 Å². The number of alkyl halides is 1. The van der Waals surface area contributed by atoms with Gasteiger partial charge in [0.05, 0.1) is 18.5 Å². The minimum absolute atomic E-state index is 0.0133. The molecule has 1 aliphatic heterocycles. The van der Waals surface area contributed by atoms with Crippen LogP contribution >= 0.6 is 15.9 Å². The molecule has 1 heterocycles. The first kappa shape index (κ1) is 13.4. The van der Waals surface area contributed by atoms with E-state index in [1.54, 1.807) is 4.31 Å². The van der Waals surface area contributed by atoms with E-state index in [2.05, 4.69) is 15.9 Å². The van der Waals surface area contributed by atoms with Crippen LogP contribution in [0, 0.1) is 5.92 Å². The van der Waals surface area contributed by atoms with Crippen molar-refractivity contribution in [3.8, 4) is 0 Å². The Labute approximate surface area is 100 Å². The molecule has 0 N–H and O–H groups in total. The Morgan fingerprint density at radius 3 is 2.73 bits per heavy atom. The van der Waals surface area contributed by atoms with E-state index < -0.39 is 10.0 Å². The van der Waals surface area contributed by atoms with E-state index in [4.69, 9.17) is 4.74 Å². The quantitative estimate of drug-likeness (QED) is 0.730. The number of morpholine rings is 1. The van der Waals surface area contributed by atoms with Crippen molar-refractivity contribution in [1.82, 2.24) is 4.31 Å². The summed E-state index contributed by atoms with van der Waals surface area (Å²) < 4.78 is 30.8. The average Bonchev–Trinajstić information content (AvgIpc) is 2.16. The van der Waals surface area contributed by atoms with Gasteiger partial charge in [0, 0.05) is 18.4 Å². The van der Waals surface area contributed by atoms with Crippen molar-refractivity contribution in [1.29, 1.82) is 0 Å². The van der Waals surface area contributed by atoms with E-state index in [0.29, 0.717) is 25.0 Å². The monoisotopic (exact) mass is 299 g/mol. The molecule has 0 bridgehead atoms. The Hall–Kier alpha value is 0.350. The van der Waals surface area contributed by atoms with Gasteiger partial charge in [-0.15, -0.1) is 0 Å². The van der Waals surface area contributed by atoms with Crippen LogP contribution in [0.25, 0.3) is 0 Å². The molecular weight excluding hydrogens is 282 g/mol. The maximum Gasteiger partial charge on any atom is 0.214 e. The summed E-state index contributed by atoms with van der Waals surface area (Å²) in [7, 11) is -3.09. The zero-order valence-electron chi connectivity index (χ0n) is 9.15. The number of sulfonamides is 1. The van der Waals surface area contributed by atoms with E-state index in [1.165, 1.54) is 0 Å². The Balaban J connectivity index is 2.62. The minimum Gasteiger partial charge on any atom is -0.375 e. The van der Waals surface area contributed by atoms with Crippen LogP contribution < -0.4 is 0 Å². The lowest BCUT2D eigenvalue weighted by Crippen LogP contribution is -2.47. The molecule has 0 saturated carbocycles. The highest BCUT2D eigenvalue weighted by Crippen LogP contribution is 2.14. The van der Waals surface area contributed by atoms with Crippen molar-refractivity contribution in [2.24, 2.45) is 5.92 Å². The van der Waals surface area contributed by atoms with E-state index in [9.17, 15) is 8.42 Å². The second kappa shape index (κ2) is 5.61. The summed E-state index contributed by atoms with van der Waals surface area (Å²) in [6.45, 7) is 5.28. The van der Waals surface area contributed by atoms with Gasteiger partial charge < -0.3 is 4.74 Å². The van der Waals surface area contributed by atoms with Crippen molar-refractivity contribution < 1.29 is 13.2 Å². The molecule has 4 nitrogen and oxygen atoms in total. The predicted octanol–water partition coefficient (Wildman–Crippen LogP) is 1.07. The lowest BCUT2D eigenvalue weighted by atomic mass is 10.3. The molecule has 15 heavy (non-hydrogen) atoms. The molecule has 1 rings (SSSR count). The van der Waals surface area contributed by atoms with E-state index in [0.717, 1.165) is 0 Å². The highest BCUT2D eigenvalue weighted by Gasteiger charge is 2.29. The molecule has 1 aliphatic rings. The Kier molecular flexibility index (Phi) is 5.02. The van der Waals surface area contributed by atoms with Gasteiger partial charge in [-0.25, -0.2) is 8.42 Å². The van der Waals surface area contributed by atoms with Crippen molar-refractivity contribution >= 4 is 26.0 Å². The summed E-state index contributed by atoms with van der Waals surface area (Å²) in [5.74, 6) is 0.391. The smallest absolute Gasteiger partial charge is 0.214 e. The SMILES string of the molecule is CC(C)CS(=O)(=O)N1CCOC(CBr)C1. The zero-order chi connectivity index (χ0) is 11.5. The molecule has 1 fully saturated rings. The van der Waals surface area contributed by atoms with Crippen LogP contribution in [0.4, 0.5) is 0 Å². The molecule has 1 atom stereocenters. The molecular formula is C9H18BrNO3S. The molecule has 90 valence electrons. The summed E-state index contributed by atoms with van der Waals surface area (Å²) in [5.41, 5.74) is 0. The standard InChI is InChI=1S/C9H18BrNO3S/c1-8(2)7-15(12,13)11-3-4-14-9(5-10)6-11/h8-9H,3-7H2,1-2H3. The Morgan fingerprint density at radius 2 is 2.20 bits per heavy atom. The maximum absolute atomic E-state index is 11.9. The Bertz CT molecular complexity index is 292. The van der Waals surface area contributed by atoms with Gasteiger partial charge in [0.2, 0.25) is 10.0 Å². The van der Waals surface area contributed by atoms with Crippen molar-refractivity contribution in [2.75, 3.05) is 30.8 Å². The van der Waals surface area contributed by atoms with E-state index >= 15 is 0 Å². The highest BCUT2D eigenvalue weighted by atomic mass is 79.9. The second-order valence-electron chi connectivity index (χ2n) is 4.18. The second-order valence-corrected chi connectivity index (χ2v) is 6.84. The molecule has 6 heteroatoms. The van der Waals surface area contributed by atoms with Gasteiger partial charge in [-0.1, -0.05) is 29.8 Å². The summed E-state index contributed by atoms with van der Waals surface area (Å²) >= 11 is 3.31. The molecule has 0 amide bonds. The number of hydrogen-bond acceptors (Lipinski definition) is 3. The fourth-order valence-corrected chi connectivity index (χ4v) is 3.76. The zero-order valence-corrected chi connectivity index (χ0v) is 11.6. The summed E-state index contributed by atoms with van der Waals surface area (Å²) in [6, 6.07) is 0. The molecule has 1 saturated heterocycles. The Morgan fingerprint density at radius 1 is 1.53 bits per heavy atom. The molecule has 0 aromatic rings. The first-order valence-electron chi connectivity index (χ1n) is 5.11. The predicted molar refractivity (Wildman–Crippen MR) is 63.7 cm³/mol. The number of halogens is 1. The van der Waals surface area contributed by atoms with Crippen LogP contribution in [0.2, 0.25) is 0 Å². The molecule has 0 spiro atoms. The van der Waals surface area contributed by atoms with Gasteiger partial charge in [-0.2, -0.15) is 4.31 Å². The number of nitrogens with zero attached hydrogens (tertiary/aromatic N) is 1. The van der Waals surface area contributed by atoms with Crippen molar-refractivity contribution in [2.45, 2.75) is 20.0 Å². The van der Waals surface area contributed by atoms with Crippen molar-refractivity contribution in [3.63, 3.8) is 0 Å². The fraction of sp³-hybridized carbons (Fsp3) is 1.00. The molecule has 0 aromatic carbocycles. The maximum atomic E-state index is 11.9. The third kappa shape index (κ3) is 4.01. The van der Waals surface area contributed by atoms with Crippen molar-refractivity contribution in [3.05, 3.63) is 0 Å². The van der Waals surface area contributed by atoms with Gasteiger partial charge >= 0.3 is 0 Å². The summed E-state index contributed by atoms with van der Waals surface area (Å²) in [6.07, 6.45) is -0.0133. The molecule has 0 aromatic heterocycles. The van der Waals surface area contributed by atoms with Crippen LogP contribution in [0.5, 0.6) is 0 Å². The molecule has 0 radical (unpaired) electrons. The van der Waals surface area contributed by atoms with Gasteiger partial charge in [-0.3, -0.25) is 0 Å². The topological polar surface area (TPSA) is 46.6 Å². The molecule has 0 aliphatic carbocycles. The largest absolute Gasteiger partial charge is 0.375 e. The fourth-order valence-electron chi connectivity index (χ4n) is 1.56. The third-order valence-corrected chi connectivity index (χ3v) is 5.14. The molecule has 1 unspecified atom stereocenters. The first-order chi connectivity index (χ1) is 6.95. The third-order valence-electron chi connectivity index (χ3n) is 2.21. The van der Waals surface area contributed by atoms with Gasteiger partial charge in [-0.05, 0) is 5.92 Å². The van der Waals surface area contributed by atoms with Crippen LogP contribution in [-0.2, 0) is 14.8 Å². The van der Waals surface area contributed by atoms with Gasteiger partial charge in [0.1, 0.15) is 0 Å². The number of ether oxygens (including phenoxy) is 1. The lowest BCUT2D eigenvalue weighted by Gasteiger charge is -2.31. The minimum atomic E-state index is -3.09.